The average molecular weight is 248 g/mol. The molecule has 92 valence electrons. The minimum atomic E-state index is -3.63. The van der Waals surface area contributed by atoms with Gasteiger partial charge in [-0.05, 0) is 13.8 Å². The van der Waals surface area contributed by atoms with Crippen molar-refractivity contribution in [3.63, 3.8) is 0 Å². The van der Waals surface area contributed by atoms with Gasteiger partial charge in [0, 0.05) is 12.6 Å². The van der Waals surface area contributed by atoms with Crippen LogP contribution in [0.4, 0.5) is 0 Å². The van der Waals surface area contributed by atoms with Crippen molar-refractivity contribution in [2.75, 3.05) is 6.54 Å². The van der Waals surface area contributed by atoms with Crippen LogP contribution in [0, 0.1) is 6.92 Å². The first-order chi connectivity index (χ1) is 7.33. The number of nitrogens with zero attached hydrogens (tertiary/aromatic N) is 1. The number of hydrogen-bond acceptors (Lipinski definition) is 5. The highest BCUT2D eigenvalue weighted by Gasteiger charge is 2.18. The van der Waals surface area contributed by atoms with Crippen LogP contribution in [0.5, 0.6) is 0 Å². The number of rotatable bonds is 5. The summed E-state index contributed by atoms with van der Waals surface area (Å²) in [5.41, 5.74) is 5.50. The number of aromatic nitrogens is 2. The third-order valence-electron chi connectivity index (χ3n) is 2.10. The van der Waals surface area contributed by atoms with Gasteiger partial charge < -0.3 is 15.8 Å². The quantitative estimate of drug-likeness (QED) is 0.516. The second-order valence-electron chi connectivity index (χ2n) is 3.59. The van der Waals surface area contributed by atoms with Crippen LogP contribution in [0.2, 0.25) is 0 Å². The number of nitrogens with one attached hydrogen (secondary N) is 2. The summed E-state index contributed by atoms with van der Waals surface area (Å²) in [6.07, 6.45) is 0.456. The van der Waals surface area contributed by atoms with Gasteiger partial charge in [-0.3, -0.25) is 0 Å². The van der Waals surface area contributed by atoms with Crippen LogP contribution in [-0.4, -0.2) is 42.2 Å². The molecule has 2 atom stereocenters. The van der Waals surface area contributed by atoms with Gasteiger partial charge in [-0.2, -0.15) is 0 Å². The highest BCUT2D eigenvalue weighted by atomic mass is 32.2. The third kappa shape index (κ3) is 3.27. The summed E-state index contributed by atoms with van der Waals surface area (Å²) < 4.78 is 25.6. The summed E-state index contributed by atoms with van der Waals surface area (Å²) in [5, 5.41) is 9.10. The first-order valence-corrected chi connectivity index (χ1v) is 6.26. The lowest BCUT2D eigenvalue weighted by Crippen LogP contribution is -2.43. The fraction of sp³-hybridized carbons (Fsp3) is 0.625. The van der Waals surface area contributed by atoms with E-state index < -0.39 is 22.2 Å². The Morgan fingerprint density at radius 1 is 1.69 bits per heavy atom. The molecule has 0 saturated heterocycles. The standard InChI is InChI=1S/C8H16N4O3S/c1-5(13)7(9)3-11-16(14,15)8-4-10-6(2)12-8/h4-5,7,11,13H,3,9H2,1-2H3,(H,10,12). The molecule has 7 nitrogen and oxygen atoms in total. The number of hydrogen-bond donors (Lipinski definition) is 4. The van der Waals surface area contributed by atoms with Crippen molar-refractivity contribution in [1.82, 2.24) is 14.7 Å². The molecule has 2 unspecified atom stereocenters. The Kier molecular flexibility index (Phi) is 4.03. The van der Waals surface area contributed by atoms with Gasteiger partial charge >= 0.3 is 0 Å². The Morgan fingerprint density at radius 3 is 2.75 bits per heavy atom. The Bertz CT molecular complexity index is 440. The first kappa shape index (κ1) is 13.1. The maximum Gasteiger partial charge on any atom is 0.257 e. The summed E-state index contributed by atoms with van der Waals surface area (Å²) in [6, 6.07) is -0.640. The molecule has 5 N–H and O–H groups in total. The molecule has 0 aliphatic heterocycles. The zero-order valence-corrected chi connectivity index (χ0v) is 9.95. The van der Waals surface area contributed by atoms with Crippen molar-refractivity contribution >= 4 is 10.0 Å². The molecule has 0 aliphatic carbocycles. The van der Waals surface area contributed by atoms with Crippen molar-refractivity contribution in [2.45, 2.75) is 31.0 Å². The minimum Gasteiger partial charge on any atom is -0.392 e. The van der Waals surface area contributed by atoms with Gasteiger partial charge in [-0.25, -0.2) is 18.1 Å². The van der Waals surface area contributed by atoms with Crippen molar-refractivity contribution in [3.8, 4) is 0 Å². The molecule has 0 aliphatic rings. The van der Waals surface area contributed by atoms with Gasteiger partial charge in [0.05, 0.1) is 12.3 Å². The number of sulfonamides is 1. The molecule has 0 aromatic carbocycles. The Balaban J connectivity index is 2.67. The third-order valence-corrected chi connectivity index (χ3v) is 3.43. The number of H-pyrrole nitrogens is 1. The Hall–Kier alpha value is -0.960. The van der Waals surface area contributed by atoms with Crippen LogP contribution in [0.1, 0.15) is 12.7 Å². The van der Waals surface area contributed by atoms with Crippen molar-refractivity contribution in [2.24, 2.45) is 5.73 Å². The van der Waals surface area contributed by atoms with E-state index in [9.17, 15) is 8.42 Å². The Morgan fingerprint density at radius 2 is 2.31 bits per heavy atom. The van der Waals surface area contributed by atoms with Crippen LogP contribution in [0.3, 0.4) is 0 Å². The number of nitrogens with two attached hydrogens (primary N) is 1. The molecule has 1 aromatic heterocycles. The van der Waals surface area contributed by atoms with Gasteiger partial charge in [0.1, 0.15) is 5.82 Å². The van der Waals surface area contributed by atoms with E-state index in [0.717, 1.165) is 0 Å². The van der Waals surface area contributed by atoms with E-state index in [4.69, 9.17) is 10.8 Å². The molecule has 0 amide bonds. The molecule has 0 saturated carbocycles. The highest BCUT2D eigenvalue weighted by Crippen LogP contribution is 2.04. The summed E-state index contributed by atoms with van der Waals surface area (Å²) in [5.74, 6) is 0.514. The second-order valence-corrected chi connectivity index (χ2v) is 5.32. The van der Waals surface area contributed by atoms with Crippen molar-refractivity contribution in [1.29, 1.82) is 0 Å². The van der Waals surface area contributed by atoms with Gasteiger partial charge in [-0.15, -0.1) is 0 Å². The van der Waals surface area contributed by atoms with Crippen LogP contribution < -0.4 is 10.5 Å². The van der Waals surface area contributed by atoms with E-state index >= 15 is 0 Å². The summed E-state index contributed by atoms with van der Waals surface area (Å²) in [4.78, 5) is 6.39. The molecule has 16 heavy (non-hydrogen) atoms. The number of imidazole rings is 1. The molecule has 0 fully saturated rings. The number of aromatic amines is 1. The molecular weight excluding hydrogens is 232 g/mol. The smallest absolute Gasteiger partial charge is 0.257 e. The molecule has 1 heterocycles. The zero-order chi connectivity index (χ0) is 12.3. The van der Waals surface area contributed by atoms with Gasteiger partial charge in [-0.1, -0.05) is 0 Å². The normalized spacial score (nSPS) is 16.0. The zero-order valence-electron chi connectivity index (χ0n) is 9.14. The molecule has 1 rings (SSSR count). The van der Waals surface area contributed by atoms with Crippen molar-refractivity contribution in [3.05, 3.63) is 12.0 Å². The number of aliphatic hydroxyl groups is 1. The monoisotopic (exact) mass is 248 g/mol. The fourth-order valence-corrected chi connectivity index (χ4v) is 2.03. The number of aryl methyl sites for hydroxylation is 1. The maximum atomic E-state index is 11.7. The van der Waals surface area contributed by atoms with Crippen LogP contribution >= 0.6 is 0 Å². The van der Waals surface area contributed by atoms with Crippen LogP contribution in [0.15, 0.2) is 11.2 Å². The molecule has 8 heteroatoms. The largest absolute Gasteiger partial charge is 0.392 e. The summed E-state index contributed by atoms with van der Waals surface area (Å²) in [7, 11) is -3.63. The van der Waals surface area contributed by atoms with E-state index in [1.165, 1.54) is 13.1 Å². The second kappa shape index (κ2) is 4.91. The lowest BCUT2D eigenvalue weighted by Gasteiger charge is -2.14. The van der Waals surface area contributed by atoms with E-state index in [1.807, 2.05) is 0 Å². The predicted octanol–water partition coefficient (Wildman–Crippen LogP) is -1.30. The SMILES string of the molecule is Cc1ncc(S(=O)(=O)NCC(N)C(C)O)[nH]1. The molecule has 0 radical (unpaired) electrons. The lowest BCUT2D eigenvalue weighted by atomic mass is 10.2. The van der Waals surface area contributed by atoms with Gasteiger partial charge in [0.15, 0.2) is 5.03 Å². The van der Waals surface area contributed by atoms with E-state index in [0.29, 0.717) is 5.82 Å². The van der Waals surface area contributed by atoms with Gasteiger partial charge in [0.25, 0.3) is 10.0 Å². The minimum absolute atomic E-state index is 0.0113. The predicted molar refractivity (Wildman–Crippen MR) is 58.2 cm³/mol. The summed E-state index contributed by atoms with van der Waals surface area (Å²) >= 11 is 0. The van der Waals surface area contributed by atoms with Gasteiger partial charge in [0.2, 0.25) is 0 Å². The molecule has 1 aromatic rings. The highest BCUT2D eigenvalue weighted by molar-refractivity contribution is 7.89. The van der Waals surface area contributed by atoms with E-state index in [2.05, 4.69) is 14.7 Å². The van der Waals surface area contributed by atoms with Crippen molar-refractivity contribution < 1.29 is 13.5 Å². The molecular formula is C8H16N4O3S. The topological polar surface area (TPSA) is 121 Å². The van der Waals surface area contributed by atoms with Crippen LogP contribution in [0.25, 0.3) is 0 Å². The molecule has 0 spiro atoms. The number of aliphatic hydroxyl groups excluding tert-OH is 1. The Labute approximate surface area is 94.1 Å². The lowest BCUT2D eigenvalue weighted by molar-refractivity contribution is 0.164. The maximum absolute atomic E-state index is 11.7. The molecule has 0 bridgehead atoms. The average Bonchev–Trinajstić information content (AvgIpc) is 2.61. The summed E-state index contributed by atoms with van der Waals surface area (Å²) in [6.45, 7) is 3.12. The van der Waals surface area contributed by atoms with E-state index in [1.54, 1.807) is 6.92 Å². The fourth-order valence-electron chi connectivity index (χ4n) is 0.989. The first-order valence-electron chi connectivity index (χ1n) is 4.78. The van der Waals surface area contributed by atoms with Crippen LogP contribution in [-0.2, 0) is 10.0 Å². The van der Waals surface area contributed by atoms with E-state index in [-0.39, 0.29) is 11.6 Å².